The molecule has 0 fully saturated rings. The zero-order valence-electron chi connectivity index (χ0n) is 16.5. The van der Waals surface area contributed by atoms with Crippen molar-refractivity contribution in [1.82, 2.24) is 9.80 Å². The Morgan fingerprint density at radius 3 is 2.35 bits per heavy atom. The number of para-hydroxylation sites is 1. The predicted octanol–water partition coefficient (Wildman–Crippen LogP) is 2.16. The molecule has 7 heteroatoms. The first-order chi connectivity index (χ1) is 12.6. The van der Waals surface area contributed by atoms with Gasteiger partial charge >= 0.3 is 0 Å². The Morgan fingerprint density at radius 1 is 1.12 bits per heavy atom. The van der Waals surface area contributed by atoms with Gasteiger partial charge in [0.2, 0.25) is 0 Å². The number of hydrogen-bond acceptors (Lipinski definition) is 6. The second kappa shape index (κ2) is 12.6. The lowest BCUT2D eigenvalue weighted by Gasteiger charge is -2.30. The van der Waals surface area contributed by atoms with Crippen LogP contribution in [-0.2, 0) is 9.57 Å². The molecule has 1 unspecified atom stereocenters. The van der Waals surface area contributed by atoms with E-state index in [0.29, 0.717) is 24.5 Å². The molecule has 0 saturated carbocycles. The number of rotatable bonds is 14. The second-order valence-corrected chi connectivity index (χ2v) is 5.90. The van der Waals surface area contributed by atoms with Crippen LogP contribution in [0.3, 0.4) is 0 Å². The first-order valence-electron chi connectivity index (χ1n) is 9.41. The molecule has 0 spiro atoms. The Bertz CT molecular complexity index is 519. The van der Waals surface area contributed by atoms with E-state index in [0.717, 1.165) is 32.7 Å². The van der Waals surface area contributed by atoms with Crippen molar-refractivity contribution in [3.8, 4) is 0 Å². The SMILES string of the molecule is CCN(CC)CCOC(CONc1ccccc1C(N)=O)N(CC)CC. The molecule has 1 aromatic carbocycles. The van der Waals surface area contributed by atoms with Crippen LogP contribution in [0.2, 0.25) is 0 Å². The van der Waals surface area contributed by atoms with Crippen molar-refractivity contribution in [3.63, 3.8) is 0 Å². The van der Waals surface area contributed by atoms with Gasteiger partial charge < -0.3 is 15.4 Å². The molecule has 0 aliphatic rings. The average molecular weight is 367 g/mol. The largest absolute Gasteiger partial charge is 0.366 e. The van der Waals surface area contributed by atoms with Crippen LogP contribution in [0.1, 0.15) is 38.1 Å². The minimum atomic E-state index is -0.493. The van der Waals surface area contributed by atoms with Crippen molar-refractivity contribution in [1.29, 1.82) is 0 Å². The maximum atomic E-state index is 11.5. The minimum Gasteiger partial charge on any atom is -0.366 e. The molecule has 3 N–H and O–H groups in total. The van der Waals surface area contributed by atoms with Crippen LogP contribution in [0.5, 0.6) is 0 Å². The number of nitrogens with zero attached hydrogens (tertiary/aromatic N) is 2. The van der Waals surface area contributed by atoms with E-state index in [-0.39, 0.29) is 6.23 Å². The van der Waals surface area contributed by atoms with Crippen LogP contribution in [0.25, 0.3) is 0 Å². The minimum absolute atomic E-state index is 0.159. The Kier molecular flexibility index (Phi) is 10.9. The van der Waals surface area contributed by atoms with Crippen molar-refractivity contribution >= 4 is 11.6 Å². The third-order valence-corrected chi connectivity index (χ3v) is 4.43. The summed E-state index contributed by atoms with van der Waals surface area (Å²) in [5, 5.41) is 0. The third kappa shape index (κ3) is 7.29. The number of primary amides is 1. The highest BCUT2D eigenvalue weighted by atomic mass is 16.7. The van der Waals surface area contributed by atoms with Gasteiger partial charge in [0, 0.05) is 6.54 Å². The molecule has 1 aromatic rings. The molecule has 0 saturated heterocycles. The van der Waals surface area contributed by atoms with E-state index in [9.17, 15) is 4.79 Å². The molecule has 26 heavy (non-hydrogen) atoms. The molecule has 0 aliphatic heterocycles. The Labute approximate surface area is 157 Å². The van der Waals surface area contributed by atoms with E-state index in [4.69, 9.17) is 15.3 Å². The molecule has 1 amide bonds. The van der Waals surface area contributed by atoms with Gasteiger partial charge in [0.05, 0.1) is 17.9 Å². The molecule has 7 nitrogen and oxygen atoms in total. The molecular weight excluding hydrogens is 332 g/mol. The van der Waals surface area contributed by atoms with E-state index in [1.165, 1.54) is 0 Å². The number of hydrogen-bond donors (Lipinski definition) is 2. The van der Waals surface area contributed by atoms with Crippen molar-refractivity contribution in [2.45, 2.75) is 33.9 Å². The maximum absolute atomic E-state index is 11.5. The van der Waals surface area contributed by atoms with Gasteiger partial charge in [-0.1, -0.05) is 39.8 Å². The molecule has 1 rings (SSSR count). The van der Waals surface area contributed by atoms with Crippen LogP contribution in [0, 0.1) is 0 Å². The molecular formula is C19H34N4O3. The highest BCUT2D eigenvalue weighted by Gasteiger charge is 2.17. The average Bonchev–Trinajstić information content (AvgIpc) is 2.66. The molecule has 0 bridgehead atoms. The fourth-order valence-corrected chi connectivity index (χ4v) is 2.73. The maximum Gasteiger partial charge on any atom is 0.250 e. The summed E-state index contributed by atoms with van der Waals surface area (Å²) in [5.74, 6) is -0.493. The molecule has 148 valence electrons. The third-order valence-electron chi connectivity index (χ3n) is 4.43. The number of likely N-dealkylation sites (N-methyl/N-ethyl adjacent to an activating group) is 2. The summed E-state index contributed by atoms with van der Waals surface area (Å²) in [6.45, 7) is 14.1. The van der Waals surface area contributed by atoms with E-state index in [1.54, 1.807) is 18.2 Å². The number of benzene rings is 1. The number of anilines is 1. The number of nitrogens with two attached hydrogens (primary N) is 1. The Hall–Kier alpha value is -1.67. The van der Waals surface area contributed by atoms with E-state index in [1.807, 2.05) is 6.07 Å². The van der Waals surface area contributed by atoms with Gasteiger partial charge in [-0.2, -0.15) is 0 Å². The van der Waals surface area contributed by atoms with Crippen molar-refractivity contribution in [2.24, 2.45) is 5.73 Å². The topological polar surface area (TPSA) is 80.1 Å². The Morgan fingerprint density at radius 2 is 1.77 bits per heavy atom. The van der Waals surface area contributed by atoms with Crippen LogP contribution >= 0.6 is 0 Å². The van der Waals surface area contributed by atoms with Gasteiger partial charge in [0.1, 0.15) is 12.8 Å². The zero-order valence-corrected chi connectivity index (χ0v) is 16.5. The molecule has 0 aromatic heterocycles. The quantitative estimate of drug-likeness (QED) is 0.388. The summed E-state index contributed by atoms with van der Waals surface area (Å²) in [6, 6.07) is 7.01. The fourth-order valence-electron chi connectivity index (χ4n) is 2.73. The van der Waals surface area contributed by atoms with Crippen molar-refractivity contribution in [2.75, 3.05) is 51.4 Å². The van der Waals surface area contributed by atoms with Crippen LogP contribution in [0.4, 0.5) is 5.69 Å². The monoisotopic (exact) mass is 366 g/mol. The molecule has 0 heterocycles. The van der Waals surface area contributed by atoms with E-state index in [2.05, 4.69) is 43.0 Å². The number of amides is 1. The first-order valence-corrected chi connectivity index (χ1v) is 9.41. The zero-order chi connectivity index (χ0) is 19.4. The highest BCUT2D eigenvalue weighted by Crippen LogP contribution is 2.14. The van der Waals surface area contributed by atoms with Gasteiger partial charge in [0.15, 0.2) is 0 Å². The normalized spacial score (nSPS) is 12.5. The fraction of sp³-hybridized carbons (Fsp3) is 0.632. The predicted molar refractivity (Wildman–Crippen MR) is 105 cm³/mol. The Balaban J connectivity index is 2.59. The number of ether oxygens (including phenoxy) is 1. The summed E-state index contributed by atoms with van der Waals surface area (Å²) in [6.07, 6.45) is -0.159. The van der Waals surface area contributed by atoms with Crippen molar-refractivity contribution in [3.05, 3.63) is 29.8 Å². The molecule has 0 radical (unpaired) electrons. The van der Waals surface area contributed by atoms with Crippen LogP contribution in [0.15, 0.2) is 24.3 Å². The van der Waals surface area contributed by atoms with Crippen molar-refractivity contribution < 1.29 is 14.4 Å². The van der Waals surface area contributed by atoms with Crippen LogP contribution < -0.4 is 11.2 Å². The van der Waals surface area contributed by atoms with Gasteiger partial charge in [-0.15, -0.1) is 0 Å². The van der Waals surface area contributed by atoms with Gasteiger partial charge in [-0.25, -0.2) is 0 Å². The lowest BCUT2D eigenvalue weighted by Crippen LogP contribution is -2.42. The number of nitrogens with one attached hydrogen (secondary N) is 1. The lowest BCUT2D eigenvalue weighted by molar-refractivity contribution is -0.0950. The smallest absolute Gasteiger partial charge is 0.250 e. The standard InChI is InChI=1S/C19H34N4O3/c1-5-22(6-2)13-14-25-18(23(7-3)8-4)15-26-21-17-12-10-9-11-16(17)19(20)24/h9-12,18,21H,5-8,13-15H2,1-4H3,(H2,20,24). The summed E-state index contributed by atoms with van der Waals surface area (Å²) >= 11 is 0. The summed E-state index contributed by atoms with van der Waals surface area (Å²) < 4.78 is 6.06. The van der Waals surface area contributed by atoms with Gasteiger partial charge in [-0.05, 0) is 38.3 Å². The van der Waals surface area contributed by atoms with E-state index >= 15 is 0 Å². The molecule has 1 atom stereocenters. The highest BCUT2D eigenvalue weighted by molar-refractivity contribution is 5.98. The summed E-state index contributed by atoms with van der Waals surface area (Å²) in [4.78, 5) is 21.6. The number of carbonyl (C=O) groups is 1. The first kappa shape index (κ1) is 22.4. The van der Waals surface area contributed by atoms with Gasteiger partial charge in [-0.3, -0.25) is 20.0 Å². The summed E-state index contributed by atoms with van der Waals surface area (Å²) in [7, 11) is 0. The van der Waals surface area contributed by atoms with E-state index < -0.39 is 5.91 Å². The summed E-state index contributed by atoms with van der Waals surface area (Å²) in [5.41, 5.74) is 9.17. The van der Waals surface area contributed by atoms with Crippen LogP contribution in [-0.4, -0.2) is 67.9 Å². The lowest BCUT2D eigenvalue weighted by atomic mass is 10.2. The molecule has 0 aliphatic carbocycles. The number of carbonyl (C=O) groups excluding carboxylic acids is 1. The second-order valence-electron chi connectivity index (χ2n) is 5.90. The van der Waals surface area contributed by atoms with Gasteiger partial charge in [0.25, 0.3) is 5.91 Å².